The molecule has 0 saturated carbocycles. The van der Waals surface area contributed by atoms with E-state index in [0.717, 1.165) is 12.1 Å². The molecule has 1 heterocycles. The predicted molar refractivity (Wildman–Crippen MR) is 54.2 cm³/mol. The van der Waals surface area contributed by atoms with Gasteiger partial charge < -0.3 is 10.3 Å². The molecule has 3 heteroatoms. The number of aryl methyl sites for hydroxylation is 1. The molecule has 1 aromatic rings. The van der Waals surface area contributed by atoms with Gasteiger partial charge in [-0.25, -0.2) is 4.98 Å². The molecule has 13 heavy (non-hydrogen) atoms. The molecule has 0 aliphatic heterocycles. The van der Waals surface area contributed by atoms with Gasteiger partial charge in [0.25, 0.3) is 0 Å². The molecule has 0 saturated heterocycles. The van der Waals surface area contributed by atoms with Crippen LogP contribution in [-0.4, -0.2) is 9.55 Å². The smallest absolute Gasteiger partial charge is 0.0947 e. The highest BCUT2D eigenvalue weighted by Crippen LogP contribution is 2.26. The van der Waals surface area contributed by atoms with Crippen LogP contribution in [0.4, 0.5) is 0 Å². The molecule has 74 valence electrons. The number of nitrogens with two attached hydrogens (primary N) is 1. The lowest BCUT2D eigenvalue weighted by molar-refractivity contribution is 0.340. The summed E-state index contributed by atoms with van der Waals surface area (Å²) < 4.78 is 1.93. The first-order valence-electron chi connectivity index (χ1n) is 4.62. The molecule has 0 aliphatic carbocycles. The van der Waals surface area contributed by atoms with Crippen LogP contribution in [0.3, 0.4) is 0 Å². The van der Waals surface area contributed by atoms with Crippen molar-refractivity contribution in [3.8, 4) is 0 Å². The van der Waals surface area contributed by atoms with Crippen LogP contribution >= 0.6 is 0 Å². The molecule has 0 aliphatic rings. The van der Waals surface area contributed by atoms with Crippen molar-refractivity contribution in [2.75, 3.05) is 0 Å². The highest BCUT2D eigenvalue weighted by Gasteiger charge is 2.18. The second kappa shape index (κ2) is 3.50. The summed E-state index contributed by atoms with van der Waals surface area (Å²) in [5.74, 6) is 0. The zero-order chi connectivity index (χ0) is 10.1. The van der Waals surface area contributed by atoms with Gasteiger partial charge in [-0.1, -0.05) is 20.8 Å². The van der Waals surface area contributed by atoms with Gasteiger partial charge in [0.15, 0.2) is 0 Å². The maximum atomic E-state index is 6.02. The number of rotatable bonds is 2. The first kappa shape index (κ1) is 10.3. The number of imidazole rings is 1. The second-order valence-electron chi connectivity index (χ2n) is 4.84. The first-order chi connectivity index (χ1) is 5.88. The molecule has 1 atom stereocenters. The molecule has 0 aromatic carbocycles. The number of nitrogens with zero attached hydrogens (tertiary/aromatic N) is 2. The molecule has 2 N–H and O–H groups in total. The number of aromatic nitrogens is 2. The van der Waals surface area contributed by atoms with Crippen LogP contribution < -0.4 is 5.73 Å². The van der Waals surface area contributed by atoms with E-state index in [4.69, 9.17) is 5.73 Å². The minimum atomic E-state index is 0.0567. The van der Waals surface area contributed by atoms with Gasteiger partial charge in [-0.15, -0.1) is 0 Å². The van der Waals surface area contributed by atoms with E-state index in [1.807, 2.05) is 17.8 Å². The Bertz CT molecular complexity index is 270. The minimum absolute atomic E-state index is 0.0567. The van der Waals surface area contributed by atoms with E-state index in [2.05, 4.69) is 25.8 Å². The van der Waals surface area contributed by atoms with Gasteiger partial charge in [-0.3, -0.25) is 0 Å². The molecular weight excluding hydrogens is 162 g/mol. The van der Waals surface area contributed by atoms with Crippen molar-refractivity contribution in [1.29, 1.82) is 0 Å². The van der Waals surface area contributed by atoms with Crippen molar-refractivity contribution >= 4 is 0 Å². The molecule has 1 unspecified atom stereocenters. The average Bonchev–Trinajstić information content (AvgIpc) is 2.31. The Morgan fingerprint density at radius 3 is 2.54 bits per heavy atom. The Hall–Kier alpha value is -0.830. The zero-order valence-electron chi connectivity index (χ0n) is 8.91. The molecule has 0 spiro atoms. The molecule has 1 rings (SSSR count). The van der Waals surface area contributed by atoms with E-state index in [-0.39, 0.29) is 11.5 Å². The lowest BCUT2D eigenvalue weighted by atomic mass is 9.87. The van der Waals surface area contributed by atoms with Crippen LogP contribution in [0.25, 0.3) is 0 Å². The van der Waals surface area contributed by atoms with Crippen LogP contribution in [0.5, 0.6) is 0 Å². The second-order valence-corrected chi connectivity index (χ2v) is 4.84. The largest absolute Gasteiger partial charge is 0.340 e. The summed E-state index contributed by atoms with van der Waals surface area (Å²) in [6.45, 7) is 6.57. The molecular formula is C10H19N3. The first-order valence-corrected chi connectivity index (χ1v) is 4.62. The maximum absolute atomic E-state index is 6.02. The van der Waals surface area contributed by atoms with Crippen LogP contribution in [0.2, 0.25) is 0 Å². The normalized spacial score (nSPS) is 14.5. The quantitative estimate of drug-likeness (QED) is 0.756. The third-order valence-corrected chi connectivity index (χ3v) is 1.94. The van der Waals surface area contributed by atoms with Gasteiger partial charge in [0.1, 0.15) is 0 Å². The van der Waals surface area contributed by atoms with E-state index in [0.29, 0.717) is 0 Å². The van der Waals surface area contributed by atoms with Gasteiger partial charge in [0.2, 0.25) is 0 Å². The van der Waals surface area contributed by atoms with Crippen LogP contribution in [0, 0.1) is 5.41 Å². The van der Waals surface area contributed by atoms with E-state index in [1.54, 1.807) is 6.33 Å². The molecule has 1 aromatic heterocycles. The third-order valence-electron chi connectivity index (χ3n) is 1.94. The lowest BCUT2D eigenvalue weighted by Crippen LogP contribution is -2.19. The number of hydrogen-bond donors (Lipinski definition) is 1. The summed E-state index contributed by atoms with van der Waals surface area (Å²) >= 11 is 0. The van der Waals surface area contributed by atoms with Crippen molar-refractivity contribution in [3.63, 3.8) is 0 Å². The summed E-state index contributed by atoms with van der Waals surface area (Å²) in [6.07, 6.45) is 4.73. The molecule has 0 amide bonds. The Morgan fingerprint density at radius 1 is 1.54 bits per heavy atom. The summed E-state index contributed by atoms with van der Waals surface area (Å²) in [6, 6.07) is 0.0567. The average molecular weight is 181 g/mol. The van der Waals surface area contributed by atoms with E-state index in [9.17, 15) is 0 Å². The fourth-order valence-electron chi connectivity index (χ4n) is 1.39. The van der Waals surface area contributed by atoms with Gasteiger partial charge in [-0.2, -0.15) is 0 Å². The fraction of sp³-hybridized carbons (Fsp3) is 0.700. The summed E-state index contributed by atoms with van der Waals surface area (Å²) in [5.41, 5.74) is 7.26. The minimum Gasteiger partial charge on any atom is -0.340 e. The highest BCUT2D eigenvalue weighted by atomic mass is 15.0. The van der Waals surface area contributed by atoms with Gasteiger partial charge in [0.05, 0.1) is 12.0 Å². The monoisotopic (exact) mass is 181 g/mol. The van der Waals surface area contributed by atoms with Crippen molar-refractivity contribution in [3.05, 3.63) is 18.2 Å². The molecule has 3 nitrogen and oxygen atoms in total. The van der Waals surface area contributed by atoms with E-state index in [1.165, 1.54) is 0 Å². The van der Waals surface area contributed by atoms with Crippen LogP contribution in [-0.2, 0) is 7.05 Å². The zero-order valence-corrected chi connectivity index (χ0v) is 8.91. The van der Waals surface area contributed by atoms with Crippen molar-refractivity contribution in [2.45, 2.75) is 33.2 Å². The maximum Gasteiger partial charge on any atom is 0.0947 e. The lowest BCUT2D eigenvalue weighted by Gasteiger charge is -2.21. The molecule has 0 bridgehead atoms. The molecule has 0 radical (unpaired) electrons. The van der Waals surface area contributed by atoms with Crippen molar-refractivity contribution in [2.24, 2.45) is 18.2 Å². The van der Waals surface area contributed by atoms with Gasteiger partial charge in [-0.05, 0) is 11.8 Å². The predicted octanol–water partition coefficient (Wildman–Crippen LogP) is 1.86. The van der Waals surface area contributed by atoms with E-state index < -0.39 is 0 Å². The Labute approximate surface area is 80.0 Å². The van der Waals surface area contributed by atoms with E-state index >= 15 is 0 Å². The third kappa shape index (κ3) is 3.19. The van der Waals surface area contributed by atoms with Crippen molar-refractivity contribution < 1.29 is 0 Å². The Morgan fingerprint density at radius 2 is 2.15 bits per heavy atom. The van der Waals surface area contributed by atoms with Crippen molar-refractivity contribution in [1.82, 2.24) is 9.55 Å². The summed E-state index contributed by atoms with van der Waals surface area (Å²) in [4.78, 5) is 4.24. The fourth-order valence-corrected chi connectivity index (χ4v) is 1.39. The standard InChI is InChI=1S/C10H19N3/c1-10(2,3)5-8(11)9-6-13(4)7-12-9/h6-8H,5,11H2,1-4H3. The van der Waals surface area contributed by atoms with Crippen LogP contribution in [0.15, 0.2) is 12.5 Å². The topological polar surface area (TPSA) is 43.8 Å². The SMILES string of the molecule is Cn1cnc(C(N)CC(C)(C)C)c1. The van der Waals surface area contributed by atoms with Crippen LogP contribution in [0.1, 0.15) is 38.9 Å². The number of hydrogen-bond acceptors (Lipinski definition) is 2. The highest BCUT2D eigenvalue weighted by molar-refractivity contribution is 5.03. The molecule has 0 fully saturated rings. The summed E-state index contributed by atoms with van der Waals surface area (Å²) in [5, 5.41) is 0. The Balaban J connectivity index is 2.64. The van der Waals surface area contributed by atoms with Gasteiger partial charge in [0, 0.05) is 19.3 Å². The summed E-state index contributed by atoms with van der Waals surface area (Å²) in [7, 11) is 1.96. The Kier molecular flexibility index (Phi) is 2.76. The van der Waals surface area contributed by atoms with Gasteiger partial charge >= 0.3 is 0 Å².